The number of amides is 1. The van der Waals surface area contributed by atoms with E-state index in [0.29, 0.717) is 6.54 Å². The van der Waals surface area contributed by atoms with Gasteiger partial charge in [-0.25, -0.2) is 17.5 Å². The summed E-state index contributed by atoms with van der Waals surface area (Å²) in [5.41, 5.74) is 0.942. The number of nitrogens with one attached hydrogen (secondary N) is 2. The summed E-state index contributed by atoms with van der Waals surface area (Å²) in [5, 5.41) is 2.83. The van der Waals surface area contributed by atoms with Gasteiger partial charge in [0.1, 0.15) is 11.6 Å². The number of nitrogens with zero attached hydrogens (tertiary/aromatic N) is 1. The first-order chi connectivity index (χ1) is 13.7. The number of halogens is 1. The molecule has 0 aromatic heterocycles. The fourth-order valence-electron chi connectivity index (χ4n) is 2.81. The molecule has 0 spiro atoms. The molecular formula is C20H26FN3O4S. The number of rotatable bonds is 10. The Kier molecular flexibility index (Phi) is 8.12. The average Bonchev–Trinajstić information content (AvgIpc) is 2.68. The number of methoxy groups -OCH3 is 1. The second kappa shape index (κ2) is 10.3. The SMILES string of the molecule is COc1ccccc1C(CNC(=O)CCNS(=O)(=O)c1ccc(F)cc1)N(C)C. The van der Waals surface area contributed by atoms with Crippen LogP contribution in [0.1, 0.15) is 18.0 Å². The maximum absolute atomic E-state index is 12.9. The first kappa shape index (κ1) is 22.8. The first-order valence-corrected chi connectivity index (χ1v) is 10.5. The number of benzene rings is 2. The molecule has 1 unspecified atom stereocenters. The van der Waals surface area contributed by atoms with E-state index in [2.05, 4.69) is 10.0 Å². The third kappa shape index (κ3) is 6.52. The van der Waals surface area contributed by atoms with Crippen molar-refractivity contribution in [1.82, 2.24) is 14.9 Å². The van der Waals surface area contributed by atoms with E-state index in [9.17, 15) is 17.6 Å². The van der Waals surface area contributed by atoms with E-state index < -0.39 is 15.8 Å². The molecule has 0 bridgehead atoms. The Morgan fingerprint density at radius 3 is 2.41 bits per heavy atom. The largest absolute Gasteiger partial charge is 0.496 e. The summed E-state index contributed by atoms with van der Waals surface area (Å²) in [5.74, 6) is -0.0742. The van der Waals surface area contributed by atoms with E-state index in [0.717, 1.165) is 23.4 Å². The Morgan fingerprint density at radius 2 is 1.79 bits per heavy atom. The van der Waals surface area contributed by atoms with Gasteiger partial charge in [0.2, 0.25) is 15.9 Å². The average molecular weight is 424 g/mol. The molecule has 9 heteroatoms. The van der Waals surface area contributed by atoms with Crippen molar-refractivity contribution in [1.29, 1.82) is 0 Å². The lowest BCUT2D eigenvalue weighted by atomic mass is 10.0. The van der Waals surface area contributed by atoms with Gasteiger partial charge in [-0.3, -0.25) is 4.79 Å². The zero-order valence-electron chi connectivity index (χ0n) is 16.7. The van der Waals surface area contributed by atoms with Crippen molar-refractivity contribution in [2.45, 2.75) is 17.4 Å². The summed E-state index contributed by atoms with van der Waals surface area (Å²) in [6, 6.07) is 12.0. The lowest BCUT2D eigenvalue weighted by molar-refractivity contribution is -0.121. The van der Waals surface area contributed by atoms with E-state index in [1.807, 2.05) is 43.3 Å². The minimum atomic E-state index is -3.79. The Balaban J connectivity index is 1.89. The topological polar surface area (TPSA) is 87.7 Å². The smallest absolute Gasteiger partial charge is 0.240 e. The molecule has 7 nitrogen and oxygen atoms in total. The standard InChI is InChI=1S/C20H26FN3O4S/c1-24(2)18(17-6-4-5-7-19(17)28-3)14-22-20(25)12-13-23-29(26,27)16-10-8-15(21)9-11-16/h4-11,18,23H,12-14H2,1-3H3,(H,22,25). The summed E-state index contributed by atoms with van der Waals surface area (Å²) in [7, 11) is 1.61. The highest BCUT2D eigenvalue weighted by Crippen LogP contribution is 2.27. The predicted molar refractivity (Wildman–Crippen MR) is 109 cm³/mol. The highest BCUT2D eigenvalue weighted by Gasteiger charge is 2.19. The third-order valence-corrected chi connectivity index (χ3v) is 5.86. The lowest BCUT2D eigenvalue weighted by Gasteiger charge is -2.26. The van der Waals surface area contributed by atoms with Crippen molar-refractivity contribution in [2.75, 3.05) is 34.3 Å². The molecule has 2 N–H and O–H groups in total. The second-order valence-corrected chi connectivity index (χ2v) is 8.39. The van der Waals surface area contributed by atoms with Gasteiger partial charge in [-0.15, -0.1) is 0 Å². The van der Waals surface area contributed by atoms with Gasteiger partial charge in [-0.2, -0.15) is 0 Å². The normalized spacial score (nSPS) is 12.6. The summed E-state index contributed by atoms with van der Waals surface area (Å²) >= 11 is 0. The van der Waals surface area contributed by atoms with Crippen LogP contribution < -0.4 is 14.8 Å². The monoisotopic (exact) mass is 423 g/mol. The van der Waals surface area contributed by atoms with Crippen molar-refractivity contribution in [3.63, 3.8) is 0 Å². The maximum Gasteiger partial charge on any atom is 0.240 e. The number of likely N-dealkylation sites (N-methyl/N-ethyl adjacent to an activating group) is 1. The number of hydrogen-bond donors (Lipinski definition) is 2. The first-order valence-electron chi connectivity index (χ1n) is 9.06. The second-order valence-electron chi connectivity index (χ2n) is 6.63. The summed E-state index contributed by atoms with van der Waals surface area (Å²) < 4.78 is 45.0. The van der Waals surface area contributed by atoms with Gasteiger partial charge < -0.3 is 15.0 Å². The molecule has 0 fully saturated rings. The van der Waals surface area contributed by atoms with E-state index in [1.54, 1.807) is 7.11 Å². The van der Waals surface area contributed by atoms with Gasteiger partial charge in [0.05, 0.1) is 18.0 Å². The van der Waals surface area contributed by atoms with Crippen LogP contribution in [0.2, 0.25) is 0 Å². The molecule has 0 saturated heterocycles. The number of ether oxygens (including phenoxy) is 1. The molecule has 0 aliphatic carbocycles. The molecule has 0 saturated carbocycles. The molecule has 2 rings (SSSR count). The van der Waals surface area contributed by atoms with Crippen LogP contribution in [0.5, 0.6) is 5.75 Å². The maximum atomic E-state index is 12.9. The van der Waals surface area contributed by atoms with Gasteiger partial charge in [0.25, 0.3) is 0 Å². The van der Waals surface area contributed by atoms with Gasteiger partial charge in [0, 0.05) is 25.1 Å². The van der Waals surface area contributed by atoms with Gasteiger partial charge in [-0.05, 0) is 44.4 Å². The Hall–Kier alpha value is -2.49. The van der Waals surface area contributed by atoms with E-state index in [1.165, 1.54) is 12.1 Å². The summed E-state index contributed by atoms with van der Waals surface area (Å²) in [4.78, 5) is 14.1. The summed E-state index contributed by atoms with van der Waals surface area (Å²) in [6.45, 7) is 0.281. The molecule has 1 amide bonds. The zero-order valence-corrected chi connectivity index (χ0v) is 17.5. The van der Waals surface area contributed by atoms with Crippen LogP contribution in [0.15, 0.2) is 53.4 Å². The molecule has 0 aliphatic rings. The molecule has 1 atom stereocenters. The van der Waals surface area contributed by atoms with E-state index in [-0.39, 0.29) is 29.8 Å². The molecule has 2 aromatic carbocycles. The fraction of sp³-hybridized carbons (Fsp3) is 0.350. The lowest BCUT2D eigenvalue weighted by Crippen LogP contribution is -2.36. The number of para-hydroxylation sites is 1. The Labute approximate surface area is 170 Å². The third-order valence-electron chi connectivity index (χ3n) is 4.38. The minimum absolute atomic E-state index is 0.0213. The molecule has 29 heavy (non-hydrogen) atoms. The van der Waals surface area contributed by atoms with Crippen LogP contribution in [0, 0.1) is 5.82 Å². The number of carbonyl (C=O) groups excluding carboxylic acids is 1. The van der Waals surface area contributed by atoms with Crippen molar-refractivity contribution in [3.05, 3.63) is 59.9 Å². The Bertz CT molecular complexity index is 918. The van der Waals surface area contributed by atoms with E-state index in [4.69, 9.17) is 4.74 Å². The van der Waals surface area contributed by atoms with Crippen molar-refractivity contribution in [3.8, 4) is 5.75 Å². The molecule has 0 radical (unpaired) electrons. The molecular weight excluding hydrogens is 397 g/mol. The van der Waals surface area contributed by atoms with Crippen LogP contribution in [0.3, 0.4) is 0 Å². The number of sulfonamides is 1. The van der Waals surface area contributed by atoms with Crippen LogP contribution >= 0.6 is 0 Å². The molecule has 0 heterocycles. The molecule has 0 aliphatic heterocycles. The van der Waals surface area contributed by atoms with Crippen LogP contribution in [0.4, 0.5) is 4.39 Å². The van der Waals surface area contributed by atoms with Crippen LogP contribution in [-0.2, 0) is 14.8 Å². The molecule has 2 aromatic rings. The van der Waals surface area contributed by atoms with Crippen molar-refractivity contribution < 1.29 is 22.3 Å². The fourth-order valence-corrected chi connectivity index (χ4v) is 3.84. The quantitative estimate of drug-likeness (QED) is 0.610. The highest BCUT2D eigenvalue weighted by molar-refractivity contribution is 7.89. The van der Waals surface area contributed by atoms with Gasteiger partial charge in [0.15, 0.2) is 0 Å². The van der Waals surface area contributed by atoms with E-state index >= 15 is 0 Å². The Morgan fingerprint density at radius 1 is 1.14 bits per heavy atom. The molecule has 158 valence electrons. The predicted octanol–water partition coefficient (Wildman–Crippen LogP) is 1.92. The van der Waals surface area contributed by atoms with Crippen molar-refractivity contribution >= 4 is 15.9 Å². The number of hydrogen-bond acceptors (Lipinski definition) is 5. The summed E-state index contributed by atoms with van der Waals surface area (Å²) in [6.07, 6.45) is -0.0213. The minimum Gasteiger partial charge on any atom is -0.496 e. The highest BCUT2D eigenvalue weighted by atomic mass is 32.2. The van der Waals surface area contributed by atoms with Crippen LogP contribution in [-0.4, -0.2) is 53.5 Å². The van der Waals surface area contributed by atoms with Gasteiger partial charge >= 0.3 is 0 Å². The van der Waals surface area contributed by atoms with Gasteiger partial charge in [-0.1, -0.05) is 18.2 Å². The van der Waals surface area contributed by atoms with Crippen molar-refractivity contribution in [2.24, 2.45) is 0 Å². The number of carbonyl (C=O) groups is 1. The van der Waals surface area contributed by atoms with Crippen LogP contribution in [0.25, 0.3) is 0 Å². The zero-order chi connectivity index (χ0) is 21.4.